The highest BCUT2D eigenvalue weighted by atomic mass is 32.2. The molecule has 0 aromatic heterocycles. The first-order chi connectivity index (χ1) is 9.42. The van der Waals surface area contributed by atoms with E-state index in [9.17, 15) is 0 Å². The van der Waals surface area contributed by atoms with Crippen LogP contribution in [0.25, 0.3) is 0 Å². The average molecular weight is 273 g/mol. The molecule has 0 bridgehead atoms. The SMILES string of the molecule is C1=CC2CC2C2=C1Nc1ccccc1S2.CC.CC. The quantitative estimate of drug-likeness (QED) is 0.653. The lowest BCUT2D eigenvalue weighted by Crippen LogP contribution is -2.09. The first-order valence-corrected chi connectivity index (χ1v) is 8.20. The van der Waals surface area contributed by atoms with Gasteiger partial charge in [0.1, 0.15) is 0 Å². The summed E-state index contributed by atoms with van der Waals surface area (Å²) in [5, 5.41) is 3.53. The number of fused-ring (bicyclic) bond motifs is 3. The molecular formula is C17H23NS. The van der Waals surface area contributed by atoms with Crippen molar-refractivity contribution in [2.75, 3.05) is 5.32 Å². The Morgan fingerprint density at radius 3 is 2.63 bits per heavy atom. The Labute approximate surface area is 121 Å². The second-order valence-electron chi connectivity index (χ2n) is 4.37. The largest absolute Gasteiger partial charge is 0.354 e. The fourth-order valence-electron chi connectivity index (χ4n) is 2.39. The third kappa shape index (κ3) is 2.74. The number of anilines is 1. The van der Waals surface area contributed by atoms with Gasteiger partial charge in [-0.15, -0.1) is 0 Å². The second kappa shape index (κ2) is 6.33. The average Bonchev–Trinajstić information content (AvgIpc) is 3.29. The summed E-state index contributed by atoms with van der Waals surface area (Å²) in [5.41, 5.74) is 2.59. The maximum Gasteiger partial charge on any atom is 0.0526 e. The number of hydrogen-bond acceptors (Lipinski definition) is 2. The Bertz CT molecular complexity index is 502. The Balaban J connectivity index is 0.000000308. The van der Waals surface area contributed by atoms with Crippen molar-refractivity contribution in [3.8, 4) is 0 Å². The first kappa shape index (κ1) is 14.3. The van der Waals surface area contributed by atoms with E-state index >= 15 is 0 Å². The van der Waals surface area contributed by atoms with Crippen molar-refractivity contribution in [1.82, 2.24) is 0 Å². The Hall–Kier alpha value is -1.15. The lowest BCUT2D eigenvalue weighted by atomic mass is 10.1. The minimum atomic E-state index is 0.816. The summed E-state index contributed by atoms with van der Waals surface area (Å²) < 4.78 is 0. The molecule has 1 saturated carbocycles. The zero-order valence-corrected chi connectivity index (χ0v) is 13.1. The molecule has 2 heteroatoms. The summed E-state index contributed by atoms with van der Waals surface area (Å²) in [6.07, 6.45) is 5.96. The molecule has 3 aliphatic rings. The number of rotatable bonds is 0. The summed E-state index contributed by atoms with van der Waals surface area (Å²) in [4.78, 5) is 2.93. The molecule has 19 heavy (non-hydrogen) atoms. The number of para-hydroxylation sites is 1. The summed E-state index contributed by atoms with van der Waals surface area (Å²) in [6, 6.07) is 8.55. The predicted octanol–water partition coefficient (Wildman–Crippen LogP) is 5.67. The van der Waals surface area contributed by atoms with E-state index in [-0.39, 0.29) is 0 Å². The van der Waals surface area contributed by atoms with Crippen LogP contribution in [-0.4, -0.2) is 0 Å². The van der Waals surface area contributed by atoms with Gasteiger partial charge in [0.2, 0.25) is 0 Å². The van der Waals surface area contributed by atoms with Crippen molar-refractivity contribution < 1.29 is 0 Å². The maximum atomic E-state index is 3.53. The molecule has 1 nitrogen and oxygen atoms in total. The lowest BCUT2D eigenvalue weighted by Gasteiger charge is -2.24. The Kier molecular flexibility index (Phi) is 4.76. The molecule has 0 radical (unpaired) electrons. The molecule has 0 spiro atoms. The molecule has 0 saturated heterocycles. The van der Waals surface area contributed by atoms with Gasteiger partial charge < -0.3 is 5.32 Å². The Morgan fingerprint density at radius 2 is 1.84 bits per heavy atom. The zero-order valence-electron chi connectivity index (χ0n) is 12.2. The van der Waals surface area contributed by atoms with Crippen LogP contribution in [0, 0.1) is 11.8 Å². The number of hydrogen-bond donors (Lipinski definition) is 1. The molecule has 4 rings (SSSR count). The topological polar surface area (TPSA) is 12.0 Å². The third-order valence-corrected chi connectivity index (χ3v) is 4.65. The summed E-state index contributed by atoms with van der Waals surface area (Å²) >= 11 is 1.96. The van der Waals surface area contributed by atoms with Crippen LogP contribution >= 0.6 is 11.8 Å². The van der Waals surface area contributed by atoms with Crippen LogP contribution in [0.4, 0.5) is 5.69 Å². The van der Waals surface area contributed by atoms with Gasteiger partial charge in [-0.3, -0.25) is 0 Å². The maximum absolute atomic E-state index is 3.53. The minimum absolute atomic E-state index is 0.816. The van der Waals surface area contributed by atoms with Crippen LogP contribution in [0.2, 0.25) is 0 Å². The number of nitrogens with one attached hydrogen (secondary N) is 1. The van der Waals surface area contributed by atoms with Gasteiger partial charge in [0.25, 0.3) is 0 Å². The first-order valence-electron chi connectivity index (χ1n) is 7.38. The van der Waals surface area contributed by atoms with Gasteiger partial charge >= 0.3 is 0 Å². The molecule has 2 aliphatic carbocycles. The highest BCUT2D eigenvalue weighted by Crippen LogP contribution is 2.56. The van der Waals surface area contributed by atoms with Crippen molar-refractivity contribution in [1.29, 1.82) is 0 Å². The van der Waals surface area contributed by atoms with Gasteiger partial charge in [-0.2, -0.15) is 0 Å². The Morgan fingerprint density at radius 1 is 1.11 bits per heavy atom. The molecule has 1 aliphatic heterocycles. The molecule has 1 aromatic rings. The van der Waals surface area contributed by atoms with Crippen molar-refractivity contribution >= 4 is 17.4 Å². The molecule has 1 N–H and O–H groups in total. The van der Waals surface area contributed by atoms with Crippen molar-refractivity contribution in [3.05, 3.63) is 47.0 Å². The monoisotopic (exact) mass is 273 g/mol. The molecular weight excluding hydrogens is 250 g/mol. The smallest absolute Gasteiger partial charge is 0.0526 e. The van der Waals surface area contributed by atoms with E-state index in [1.807, 2.05) is 39.5 Å². The fraction of sp³-hybridized carbons (Fsp3) is 0.412. The van der Waals surface area contributed by atoms with Crippen LogP contribution in [0.15, 0.2) is 51.9 Å². The van der Waals surface area contributed by atoms with Gasteiger partial charge in [0.15, 0.2) is 0 Å². The van der Waals surface area contributed by atoms with Crippen molar-refractivity contribution in [3.63, 3.8) is 0 Å². The standard InChI is InChI=1S/C13H11NS.2C2H6/c1-2-4-12-10(3-1)14-11-6-5-8-7-9(8)13(11)15-12;2*1-2/h1-6,8-9,14H,7H2;2*1-2H3. The number of thioether (sulfide) groups is 1. The highest BCUT2D eigenvalue weighted by Gasteiger charge is 2.42. The molecule has 1 fully saturated rings. The van der Waals surface area contributed by atoms with Crippen LogP contribution in [0.1, 0.15) is 34.1 Å². The minimum Gasteiger partial charge on any atom is -0.354 e. The van der Waals surface area contributed by atoms with E-state index < -0.39 is 0 Å². The zero-order chi connectivity index (χ0) is 13.8. The van der Waals surface area contributed by atoms with Crippen LogP contribution in [0.5, 0.6) is 0 Å². The lowest BCUT2D eigenvalue weighted by molar-refractivity contribution is 0.945. The summed E-state index contributed by atoms with van der Waals surface area (Å²) in [5.74, 6) is 1.65. The van der Waals surface area contributed by atoms with Crippen molar-refractivity contribution in [2.45, 2.75) is 39.0 Å². The van der Waals surface area contributed by atoms with E-state index in [1.54, 1.807) is 4.91 Å². The summed E-state index contributed by atoms with van der Waals surface area (Å²) in [6.45, 7) is 8.00. The highest BCUT2D eigenvalue weighted by molar-refractivity contribution is 8.03. The summed E-state index contributed by atoms with van der Waals surface area (Å²) in [7, 11) is 0. The van der Waals surface area contributed by atoms with Crippen LogP contribution in [0.3, 0.4) is 0 Å². The molecule has 1 aromatic carbocycles. The van der Waals surface area contributed by atoms with E-state index in [0.717, 1.165) is 11.8 Å². The number of benzene rings is 1. The van der Waals surface area contributed by atoms with Gasteiger partial charge in [0.05, 0.1) is 5.69 Å². The van der Waals surface area contributed by atoms with Crippen LogP contribution < -0.4 is 5.32 Å². The van der Waals surface area contributed by atoms with E-state index in [1.165, 1.54) is 22.7 Å². The van der Waals surface area contributed by atoms with Gasteiger partial charge in [0, 0.05) is 15.5 Å². The third-order valence-electron chi connectivity index (χ3n) is 3.33. The molecule has 102 valence electrons. The fourth-order valence-corrected chi connectivity index (χ4v) is 3.65. The second-order valence-corrected chi connectivity index (χ2v) is 5.45. The van der Waals surface area contributed by atoms with Crippen molar-refractivity contribution in [2.24, 2.45) is 11.8 Å². The van der Waals surface area contributed by atoms with Gasteiger partial charge in [-0.25, -0.2) is 0 Å². The molecule has 0 amide bonds. The molecule has 2 atom stereocenters. The predicted molar refractivity (Wildman–Crippen MR) is 86.4 cm³/mol. The van der Waals surface area contributed by atoms with E-state index in [0.29, 0.717) is 0 Å². The van der Waals surface area contributed by atoms with Crippen LogP contribution in [-0.2, 0) is 0 Å². The molecule has 2 unspecified atom stereocenters. The van der Waals surface area contributed by atoms with E-state index in [2.05, 4.69) is 41.7 Å². The normalized spacial score (nSPS) is 24.4. The molecule has 1 heterocycles. The van der Waals surface area contributed by atoms with E-state index in [4.69, 9.17) is 0 Å². The number of allylic oxidation sites excluding steroid dienone is 3. The van der Waals surface area contributed by atoms with Gasteiger partial charge in [-0.05, 0) is 36.5 Å². The van der Waals surface area contributed by atoms with Gasteiger partial charge in [-0.1, -0.05) is 57.7 Å².